The van der Waals surface area contributed by atoms with Gasteiger partial charge in [-0.25, -0.2) is 9.64 Å². The maximum absolute atomic E-state index is 11.9. The molecule has 1 heterocycles. The lowest BCUT2D eigenvalue weighted by Crippen LogP contribution is -2.03. The molecule has 1 aromatic heterocycles. The number of hydrogen-bond acceptors (Lipinski definition) is 3. The predicted molar refractivity (Wildman–Crippen MR) is 84.7 cm³/mol. The van der Waals surface area contributed by atoms with Crippen LogP contribution < -0.4 is 0 Å². The van der Waals surface area contributed by atoms with Crippen molar-refractivity contribution in [1.29, 1.82) is 0 Å². The van der Waals surface area contributed by atoms with Crippen molar-refractivity contribution >= 4 is 45.6 Å². The summed E-state index contributed by atoms with van der Waals surface area (Å²) in [5.41, 5.74) is 2.04. The molecule has 2 aromatic rings. The number of ether oxygens (including phenoxy) is 1. The summed E-state index contributed by atoms with van der Waals surface area (Å²) in [7, 11) is 0. The van der Waals surface area contributed by atoms with Gasteiger partial charge in [-0.1, -0.05) is 12.1 Å². The fourth-order valence-corrected chi connectivity index (χ4v) is 2.93. The quantitative estimate of drug-likeness (QED) is 0.435. The average molecular weight is 383 g/mol. The Labute approximate surface area is 129 Å². The normalized spacial score (nSPS) is 9.95. The van der Waals surface area contributed by atoms with Crippen LogP contribution in [0.2, 0.25) is 0 Å². The van der Waals surface area contributed by atoms with Gasteiger partial charge in [-0.05, 0) is 52.6 Å². The Bertz CT molecular complexity index is 640. The summed E-state index contributed by atoms with van der Waals surface area (Å²) in [6.07, 6.45) is 0. The molecule has 0 saturated heterocycles. The molecule has 1 aromatic carbocycles. The number of nitrogens with zero attached hydrogens (tertiary/aromatic N) is 1. The van der Waals surface area contributed by atoms with E-state index in [0.29, 0.717) is 22.7 Å². The molecule has 19 heavy (non-hydrogen) atoms. The lowest BCUT2D eigenvalue weighted by Gasteiger charge is -2.05. The smallest absolute Gasteiger partial charge is 0.347 e. The van der Waals surface area contributed by atoms with Gasteiger partial charge in [0.15, 0.2) is 0 Å². The van der Waals surface area contributed by atoms with E-state index in [1.165, 1.54) is 11.3 Å². The van der Waals surface area contributed by atoms with E-state index in [1.54, 1.807) is 12.3 Å². The molecule has 2 rings (SSSR count). The van der Waals surface area contributed by atoms with Crippen molar-refractivity contribution in [2.45, 2.75) is 6.92 Å². The van der Waals surface area contributed by atoms with Gasteiger partial charge >= 0.3 is 5.97 Å². The first-order chi connectivity index (χ1) is 9.17. The Morgan fingerprint density at radius 1 is 1.42 bits per heavy atom. The lowest BCUT2D eigenvalue weighted by molar-refractivity contribution is 0.0533. The highest BCUT2D eigenvalue weighted by molar-refractivity contribution is 14.1. The zero-order valence-corrected chi connectivity index (χ0v) is 13.1. The van der Waals surface area contributed by atoms with Crippen LogP contribution in [0.5, 0.6) is 0 Å². The summed E-state index contributed by atoms with van der Waals surface area (Å²) in [4.78, 5) is 15.9. The van der Waals surface area contributed by atoms with E-state index in [1.807, 2.05) is 24.3 Å². The van der Waals surface area contributed by atoms with E-state index >= 15 is 0 Å². The van der Waals surface area contributed by atoms with Crippen molar-refractivity contribution < 1.29 is 9.53 Å². The van der Waals surface area contributed by atoms with E-state index < -0.39 is 0 Å². The first kappa shape index (κ1) is 14.0. The van der Waals surface area contributed by atoms with Crippen LogP contribution in [0.25, 0.3) is 16.0 Å². The Kier molecular flexibility index (Phi) is 4.56. The molecule has 0 N–H and O–H groups in total. The number of esters is 1. The molecule has 0 aliphatic carbocycles. The second-order valence-corrected chi connectivity index (χ2v) is 5.79. The summed E-state index contributed by atoms with van der Waals surface area (Å²) in [5.74, 6) is -0.365. The molecule has 0 saturated carbocycles. The van der Waals surface area contributed by atoms with Crippen LogP contribution in [0.1, 0.15) is 16.6 Å². The second kappa shape index (κ2) is 6.17. The van der Waals surface area contributed by atoms with Gasteiger partial charge in [0.1, 0.15) is 4.88 Å². The number of rotatable bonds is 3. The van der Waals surface area contributed by atoms with E-state index in [-0.39, 0.29) is 5.97 Å². The van der Waals surface area contributed by atoms with Gasteiger partial charge < -0.3 is 4.74 Å². The second-order valence-electron chi connectivity index (χ2n) is 3.66. The highest BCUT2D eigenvalue weighted by Crippen LogP contribution is 2.39. The minimum atomic E-state index is -0.365. The molecular formula is C14H10INO2S. The zero-order valence-electron chi connectivity index (χ0n) is 10.1. The maximum atomic E-state index is 11.9. The Morgan fingerprint density at radius 3 is 2.68 bits per heavy atom. The van der Waals surface area contributed by atoms with Gasteiger partial charge in [0, 0.05) is 9.13 Å². The summed E-state index contributed by atoms with van der Waals surface area (Å²) in [6.45, 7) is 9.31. The van der Waals surface area contributed by atoms with Crippen LogP contribution in [-0.4, -0.2) is 12.6 Å². The Morgan fingerprint density at radius 2 is 2.11 bits per heavy atom. The molecule has 96 valence electrons. The van der Waals surface area contributed by atoms with Crippen molar-refractivity contribution in [3.05, 3.63) is 49.5 Å². The van der Waals surface area contributed by atoms with E-state index in [2.05, 4.69) is 27.4 Å². The van der Waals surface area contributed by atoms with Crippen LogP contribution >= 0.6 is 33.9 Å². The molecule has 0 unspecified atom stereocenters. The van der Waals surface area contributed by atoms with Gasteiger partial charge in [0.2, 0.25) is 5.69 Å². The summed E-state index contributed by atoms with van der Waals surface area (Å²) in [6, 6.07) is 7.74. The minimum Gasteiger partial charge on any atom is -0.462 e. The molecule has 0 amide bonds. The predicted octanol–water partition coefficient (Wildman–Crippen LogP) is 4.75. The highest BCUT2D eigenvalue weighted by Gasteiger charge is 2.20. The van der Waals surface area contributed by atoms with Gasteiger partial charge in [-0.3, -0.25) is 0 Å². The zero-order chi connectivity index (χ0) is 13.8. The van der Waals surface area contributed by atoms with Crippen molar-refractivity contribution in [1.82, 2.24) is 0 Å². The standard InChI is InChI=1S/C14H10INO2S/c1-3-18-14(17)13-12(11(16-2)8-19-13)9-4-6-10(15)7-5-9/h4-8H,3H2,1H3. The number of carbonyl (C=O) groups excluding carboxylic acids is 1. The molecule has 0 bridgehead atoms. The third-order valence-corrected chi connectivity index (χ3v) is 4.15. The van der Waals surface area contributed by atoms with Gasteiger partial charge in [-0.15, -0.1) is 11.3 Å². The SMILES string of the molecule is [C-]#[N+]c1csc(C(=O)OCC)c1-c1ccc(I)cc1. The number of benzene rings is 1. The molecule has 0 aliphatic rings. The van der Waals surface area contributed by atoms with Gasteiger partial charge in [0.05, 0.1) is 13.2 Å². The summed E-state index contributed by atoms with van der Waals surface area (Å²) in [5, 5.41) is 1.70. The average Bonchev–Trinajstić information content (AvgIpc) is 2.83. The van der Waals surface area contributed by atoms with Crippen LogP contribution in [-0.2, 0) is 4.74 Å². The molecule has 0 radical (unpaired) electrons. The summed E-state index contributed by atoms with van der Waals surface area (Å²) < 4.78 is 6.15. The van der Waals surface area contributed by atoms with Gasteiger partial charge in [-0.2, -0.15) is 0 Å². The molecular weight excluding hydrogens is 373 g/mol. The Hall–Kier alpha value is -1.39. The van der Waals surface area contributed by atoms with Crippen molar-refractivity contribution in [3.8, 4) is 11.1 Å². The van der Waals surface area contributed by atoms with Gasteiger partial charge in [0.25, 0.3) is 0 Å². The van der Waals surface area contributed by atoms with Crippen LogP contribution in [0, 0.1) is 10.1 Å². The maximum Gasteiger partial charge on any atom is 0.347 e. The fraction of sp³-hybridized carbons (Fsp3) is 0.143. The minimum absolute atomic E-state index is 0.330. The first-order valence-corrected chi connectivity index (χ1v) is 7.55. The van der Waals surface area contributed by atoms with E-state index in [4.69, 9.17) is 11.3 Å². The van der Waals surface area contributed by atoms with E-state index in [9.17, 15) is 4.79 Å². The topological polar surface area (TPSA) is 30.7 Å². The highest BCUT2D eigenvalue weighted by atomic mass is 127. The van der Waals surface area contributed by atoms with Crippen molar-refractivity contribution in [2.24, 2.45) is 0 Å². The van der Waals surface area contributed by atoms with Crippen LogP contribution in [0.3, 0.4) is 0 Å². The van der Waals surface area contributed by atoms with Crippen LogP contribution in [0.15, 0.2) is 29.6 Å². The molecule has 5 heteroatoms. The first-order valence-electron chi connectivity index (χ1n) is 5.59. The molecule has 0 fully saturated rings. The van der Waals surface area contributed by atoms with Crippen LogP contribution in [0.4, 0.5) is 5.69 Å². The monoisotopic (exact) mass is 383 g/mol. The summed E-state index contributed by atoms with van der Waals surface area (Å²) >= 11 is 3.48. The van der Waals surface area contributed by atoms with Crippen molar-refractivity contribution in [2.75, 3.05) is 6.61 Å². The molecule has 0 atom stereocenters. The fourth-order valence-electron chi connectivity index (χ4n) is 1.67. The number of thiophene rings is 1. The molecule has 3 nitrogen and oxygen atoms in total. The van der Waals surface area contributed by atoms with Crippen molar-refractivity contribution in [3.63, 3.8) is 0 Å². The number of carbonyl (C=O) groups is 1. The molecule has 0 aliphatic heterocycles. The Balaban J connectivity index is 2.54. The largest absolute Gasteiger partial charge is 0.462 e. The lowest BCUT2D eigenvalue weighted by atomic mass is 10.1. The molecule has 0 spiro atoms. The van der Waals surface area contributed by atoms with E-state index in [0.717, 1.165) is 9.13 Å². The third kappa shape index (κ3) is 2.96. The third-order valence-electron chi connectivity index (χ3n) is 2.49. The number of halogens is 1. The number of hydrogen-bond donors (Lipinski definition) is 0.